The molecule has 0 bridgehead atoms. The highest BCUT2D eigenvalue weighted by molar-refractivity contribution is 6.06. The van der Waals surface area contributed by atoms with Gasteiger partial charge in [0.25, 0.3) is 5.91 Å². The number of hydrogen-bond donors (Lipinski definition) is 3. The molecule has 148 valence electrons. The summed E-state index contributed by atoms with van der Waals surface area (Å²) in [6.45, 7) is 9.51. The maximum Gasteiger partial charge on any atom is 0.315 e. The number of nitrogens with one attached hydrogen (secondary N) is 2. The first kappa shape index (κ1) is 20.7. The van der Waals surface area contributed by atoms with Gasteiger partial charge >= 0.3 is 6.03 Å². The molecule has 1 unspecified atom stereocenters. The van der Waals surface area contributed by atoms with E-state index in [0.717, 1.165) is 17.5 Å². The summed E-state index contributed by atoms with van der Waals surface area (Å²) in [5.74, 6) is 0.588. The fourth-order valence-electron chi connectivity index (χ4n) is 3.26. The zero-order valence-electron chi connectivity index (χ0n) is 16.7. The lowest BCUT2D eigenvalue weighted by atomic mass is 9.91. The summed E-state index contributed by atoms with van der Waals surface area (Å²) < 4.78 is 0. The minimum Gasteiger partial charge on any atom is -0.369 e. The highest BCUT2D eigenvalue weighted by Gasteiger charge is 2.43. The lowest BCUT2D eigenvalue weighted by Crippen LogP contribution is -2.43. The summed E-state index contributed by atoms with van der Waals surface area (Å²) in [6, 6.07) is 7.60. The molecule has 1 aliphatic rings. The molecule has 0 aromatic heterocycles. The summed E-state index contributed by atoms with van der Waals surface area (Å²) in [6.07, 6.45) is 1.58. The third-order valence-corrected chi connectivity index (χ3v) is 4.50. The molecule has 0 spiro atoms. The lowest BCUT2D eigenvalue weighted by Gasteiger charge is -2.23. The van der Waals surface area contributed by atoms with Gasteiger partial charge in [-0.2, -0.15) is 0 Å². The SMILES string of the molecule is CCCNC(=O)NCc1ccc(CN2C(=O)C(C)(CC(C)C)N=C2N)cc1. The van der Waals surface area contributed by atoms with Gasteiger partial charge in [0.1, 0.15) is 5.54 Å². The molecular formula is C20H31N5O2. The number of guanidine groups is 1. The van der Waals surface area contributed by atoms with E-state index in [1.165, 1.54) is 0 Å². The second kappa shape index (κ2) is 8.88. The summed E-state index contributed by atoms with van der Waals surface area (Å²) in [4.78, 5) is 30.3. The number of nitrogens with two attached hydrogens (primary N) is 1. The standard InChI is InChI=1S/C20H31N5O2/c1-5-10-22-19(27)23-12-15-6-8-16(9-7-15)13-25-17(26)20(4,11-14(2)3)24-18(25)21/h6-9,14H,5,10-13H2,1-4H3,(H2,21,24)(H2,22,23,27). The van der Waals surface area contributed by atoms with Crippen LogP contribution in [0.2, 0.25) is 0 Å². The fourth-order valence-corrected chi connectivity index (χ4v) is 3.26. The Morgan fingerprint density at radius 1 is 1.22 bits per heavy atom. The summed E-state index contributed by atoms with van der Waals surface area (Å²) in [7, 11) is 0. The number of hydrogen-bond acceptors (Lipinski definition) is 4. The Bertz CT molecular complexity index is 699. The van der Waals surface area contributed by atoms with Crippen molar-refractivity contribution in [1.29, 1.82) is 0 Å². The van der Waals surface area contributed by atoms with Crippen LogP contribution in [-0.4, -0.2) is 34.9 Å². The molecule has 0 saturated heterocycles. The van der Waals surface area contributed by atoms with Gasteiger partial charge < -0.3 is 16.4 Å². The molecule has 1 aromatic carbocycles. The van der Waals surface area contributed by atoms with Gasteiger partial charge in [-0.15, -0.1) is 0 Å². The first-order chi connectivity index (χ1) is 12.7. The van der Waals surface area contributed by atoms with Crippen LogP contribution >= 0.6 is 0 Å². The summed E-state index contributed by atoms with van der Waals surface area (Å²) in [5.41, 5.74) is 7.21. The molecule has 0 aliphatic carbocycles. The average molecular weight is 374 g/mol. The van der Waals surface area contributed by atoms with Crippen molar-refractivity contribution in [3.8, 4) is 0 Å². The Morgan fingerprint density at radius 2 is 1.85 bits per heavy atom. The number of aliphatic imine (C=N–C) groups is 1. The van der Waals surface area contributed by atoms with E-state index in [2.05, 4.69) is 29.5 Å². The Morgan fingerprint density at radius 3 is 2.44 bits per heavy atom. The van der Waals surface area contributed by atoms with Gasteiger partial charge in [0.05, 0.1) is 6.54 Å². The zero-order chi connectivity index (χ0) is 20.0. The van der Waals surface area contributed by atoms with Crippen LogP contribution in [0.15, 0.2) is 29.3 Å². The number of rotatable bonds is 8. The second-order valence-electron chi connectivity index (χ2n) is 7.66. The molecule has 3 amide bonds. The highest BCUT2D eigenvalue weighted by Crippen LogP contribution is 2.29. The van der Waals surface area contributed by atoms with Crippen LogP contribution < -0.4 is 16.4 Å². The van der Waals surface area contributed by atoms with Crippen molar-refractivity contribution in [1.82, 2.24) is 15.5 Å². The van der Waals surface area contributed by atoms with E-state index in [4.69, 9.17) is 5.73 Å². The van der Waals surface area contributed by atoms with Crippen LogP contribution in [0.4, 0.5) is 4.79 Å². The summed E-state index contributed by atoms with van der Waals surface area (Å²) in [5, 5.41) is 5.59. The van der Waals surface area contributed by atoms with Gasteiger partial charge in [0.2, 0.25) is 0 Å². The Hall–Kier alpha value is -2.57. The van der Waals surface area contributed by atoms with E-state index < -0.39 is 5.54 Å². The molecule has 2 rings (SSSR count). The molecule has 0 radical (unpaired) electrons. The molecule has 1 heterocycles. The van der Waals surface area contributed by atoms with Gasteiger partial charge in [-0.05, 0) is 36.8 Å². The van der Waals surface area contributed by atoms with Crippen LogP contribution in [0.3, 0.4) is 0 Å². The minimum absolute atomic E-state index is 0.0490. The van der Waals surface area contributed by atoms with E-state index in [9.17, 15) is 9.59 Å². The van der Waals surface area contributed by atoms with Crippen molar-refractivity contribution < 1.29 is 9.59 Å². The number of carbonyl (C=O) groups excluding carboxylic acids is 2. The molecule has 7 nitrogen and oxygen atoms in total. The van der Waals surface area contributed by atoms with E-state index in [1.54, 1.807) is 4.90 Å². The van der Waals surface area contributed by atoms with Crippen LogP contribution in [0, 0.1) is 5.92 Å². The number of carbonyl (C=O) groups is 2. The Kier molecular flexibility index (Phi) is 6.82. The number of urea groups is 1. The van der Waals surface area contributed by atoms with Crippen LogP contribution in [0.25, 0.3) is 0 Å². The second-order valence-corrected chi connectivity index (χ2v) is 7.66. The van der Waals surface area contributed by atoms with E-state index >= 15 is 0 Å². The first-order valence-corrected chi connectivity index (χ1v) is 9.52. The number of amides is 3. The normalized spacial score (nSPS) is 19.4. The van der Waals surface area contributed by atoms with Crippen molar-refractivity contribution >= 4 is 17.9 Å². The smallest absolute Gasteiger partial charge is 0.315 e. The van der Waals surface area contributed by atoms with Gasteiger partial charge in [0, 0.05) is 13.1 Å². The molecular weight excluding hydrogens is 342 g/mol. The largest absolute Gasteiger partial charge is 0.369 e. The lowest BCUT2D eigenvalue weighted by molar-refractivity contribution is -0.131. The predicted molar refractivity (Wildman–Crippen MR) is 107 cm³/mol. The van der Waals surface area contributed by atoms with Crippen molar-refractivity contribution in [3.05, 3.63) is 35.4 Å². The first-order valence-electron chi connectivity index (χ1n) is 9.52. The maximum absolute atomic E-state index is 12.8. The van der Waals surface area contributed by atoms with Crippen molar-refractivity contribution in [2.45, 2.75) is 59.2 Å². The minimum atomic E-state index is -0.770. The van der Waals surface area contributed by atoms with Crippen LogP contribution in [-0.2, 0) is 17.9 Å². The quantitative estimate of drug-likeness (QED) is 0.652. The van der Waals surface area contributed by atoms with Crippen molar-refractivity contribution in [3.63, 3.8) is 0 Å². The van der Waals surface area contributed by atoms with Gasteiger partial charge in [-0.25, -0.2) is 9.79 Å². The fraction of sp³-hybridized carbons (Fsp3) is 0.550. The van der Waals surface area contributed by atoms with Crippen LogP contribution in [0.5, 0.6) is 0 Å². The Balaban J connectivity index is 1.94. The molecule has 1 aliphatic heterocycles. The zero-order valence-corrected chi connectivity index (χ0v) is 16.7. The predicted octanol–water partition coefficient (Wildman–Crippen LogP) is 2.36. The van der Waals surface area contributed by atoms with E-state index in [1.807, 2.05) is 38.1 Å². The maximum atomic E-state index is 12.8. The van der Waals surface area contributed by atoms with Gasteiger partial charge in [-0.3, -0.25) is 9.69 Å². The third-order valence-electron chi connectivity index (χ3n) is 4.50. The topological polar surface area (TPSA) is 99.8 Å². The molecule has 1 atom stereocenters. The van der Waals surface area contributed by atoms with Crippen molar-refractivity contribution in [2.24, 2.45) is 16.6 Å². The van der Waals surface area contributed by atoms with E-state index in [0.29, 0.717) is 32.0 Å². The monoisotopic (exact) mass is 373 g/mol. The molecule has 4 N–H and O–H groups in total. The summed E-state index contributed by atoms with van der Waals surface area (Å²) >= 11 is 0. The van der Waals surface area contributed by atoms with Gasteiger partial charge in [-0.1, -0.05) is 45.0 Å². The molecule has 27 heavy (non-hydrogen) atoms. The average Bonchev–Trinajstić information content (AvgIpc) is 2.81. The highest BCUT2D eigenvalue weighted by atomic mass is 16.2. The molecule has 0 fully saturated rings. The third kappa shape index (κ3) is 5.45. The molecule has 7 heteroatoms. The Labute approximate surface area is 161 Å². The van der Waals surface area contributed by atoms with E-state index in [-0.39, 0.29) is 17.9 Å². The number of benzene rings is 1. The van der Waals surface area contributed by atoms with Crippen molar-refractivity contribution in [2.75, 3.05) is 6.54 Å². The molecule has 1 aromatic rings. The molecule has 0 saturated carbocycles. The van der Waals surface area contributed by atoms with Gasteiger partial charge in [0.15, 0.2) is 5.96 Å². The number of nitrogens with zero attached hydrogens (tertiary/aromatic N) is 2. The van der Waals surface area contributed by atoms with Crippen LogP contribution in [0.1, 0.15) is 51.7 Å².